The minimum atomic E-state index is -1.30. The number of carbonyl (C=O) groups excluding carboxylic acids is 1. The number of thioether (sulfide) groups is 1. The molecule has 1 amide bonds. The quantitative estimate of drug-likeness (QED) is 0.394. The van der Waals surface area contributed by atoms with Gasteiger partial charge >= 0.3 is 11.9 Å². The molecule has 0 radical (unpaired) electrons. The molecule has 1 rings (SSSR count). The molecule has 108 valence electrons. The van der Waals surface area contributed by atoms with Gasteiger partial charge in [-0.2, -0.15) is 4.73 Å². The first kappa shape index (κ1) is 15.8. The second-order valence-electron chi connectivity index (χ2n) is 3.75. The lowest BCUT2D eigenvalue weighted by atomic mass is 10.1. The first-order chi connectivity index (χ1) is 9.38. The van der Waals surface area contributed by atoms with Crippen LogP contribution in [-0.2, 0) is 9.59 Å². The normalized spacial score (nSPS) is 11.6. The molecule has 1 atom stereocenters. The van der Waals surface area contributed by atoms with Gasteiger partial charge in [-0.1, -0.05) is 0 Å². The van der Waals surface area contributed by atoms with Crippen LogP contribution < -0.4 is 10.0 Å². The van der Waals surface area contributed by atoms with Crippen LogP contribution in [0.5, 0.6) is 0 Å². The summed E-state index contributed by atoms with van der Waals surface area (Å²) in [6.45, 7) is 0. The molecule has 0 spiro atoms. The standard InChI is InChI=1S/C11H12N2O6S/c14-9(15)2-1-8(10(16)17)12-11(18)20-7-3-5-13(19)6-4-7/h3-6,8H,1-2H2,(H,12,18)(H,14,15)(H,16,17). The van der Waals surface area contributed by atoms with Crippen LogP contribution >= 0.6 is 11.8 Å². The van der Waals surface area contributed by atoms with Gasteiger partial charge in [0, 0.05) is 23.4 Å². The van der Waals surface area contributed by atoms with E-state index in [9.17, 15) is 19.6 Å². The van der Waals surface area contributed by atoms with E-state index in [1.54, 1.807) is 0 Å². The summed E-state index contributed by atoms with van der Waals surface area (Å²) in [4.78, 5) is 33.4. The summed E-state index contributed by atoms with van der Waals surface area (Å²) in [5, 5.41) is 29.7. The molecular formula is C11H12N2O6S. The zero-order valence-electron chi connectivity index (χ0n) is 10.2. The van der Waals surface area contributed by atoms with E-state index in [1.165, 1.54) is 24.5 Å². The predicted molar refractivity (Wildman–Crippen MR) is 68.1 cm³/mol. The van der Waals surface area contributed by atoms with Gasteiger partial charge in [0.05, 0.1) is 0 Å². The number of aliphatic carboxylic acids is 2. The number of aromatic nitrogens is 1. The molecule has 0 bridgehead atoms. The zero-order valence-corrected chi connectivity index (χ0v) is 11.0. The summed E-state index contributed by atoms with van der Waals surface area (Å²) in [6, 6.07) is 1.55. The van der Waals surface area contributed by atoms with Crippen LogP contribution in [0.3, 0.4) is 0 Å². The Kier molecular flexibility index (Phi) is 5.78. The molecule has 0 saturated carbocycles. The average Bonchev–Trinajstić information content (AvgIpc) is 2.36. The summed E-state index contributed by atoms with van der Waals surface area (Å²) in [7, 11) is 0. The van der Waals surface area contributed by atoms with Gasteiger partial charge in [-0.15, -0.1) is 0 Å². The van der Waals surface area contributed by atoms with Gasteiger partial charge in [-0.05, 0) is 18.2 Å². The van der Waals surface area contributed by atoms with E-state index in [1.807, 2.05) is 0 Å². The Morgan fingerprint density at radius 3 is 2.40 bits per heavy atom. The molecule has 3 N–H and O–H groups in total. The zero-order chi connectivity index (χ0) is 15.1. The lowest BCUT2D eigenvalue weighted by Gasteiger charge is -2.12. The maximum atomic E-state index is 11.6. The van der Waals surface area contributed by atoms with Gasteiger partial charge in [-0.3, -0.25) is 9.59 Å². The number of nitrogens with zero attached hydrogens (tertiary/aromatic N) is 1. The van der Waals surface area contributed by atoms with Crippen molar-refractivity contribution in [3.8, 4) is 0 Å². The average molecular weight is 300 g/mol. The van der Waals surface area contributed by atoms with Gasteiger partial charge in [0.1, 0.15) is 6.04 Å². The third-order valence-corrected chi connectivity index (χ3v) is 3.03. The number of hydrogen-bond acceptors (Lipinski definition) is 5. The van der Waals surface area contributed by atoms with Crippen LogP contribution in [0.25, 0.3) is 0 Å². The van der Waals surface area contributed by atoms with Gasteiger partial charge < -0.3 is 20.7 Å². The summed E-state index contributed by atoms with van der Waals surface area (Å²) in [6.07, 6.45) is 1.85. The fourth-order valence-corrected chi connectivity index (χ4v) is 1.94. The summed E-state index contributed by atoms with van der Waals surface area (Å²) < 4.78 is 0.550. The minimum absolute atomic E-state index is 0.202. The van der Waals surface area contributed by atoms with E-state index < -0.39 is 23.2 Å². The van der Waals surface area contributed by atoms with Gasteiger partial charge in [-0.25, -0.2) is 4.79 Å². The molecule has 0 fully saturated rings. The molecule has 1 unspecified atom stereocenters. The summed E-state index contributed by atoms with van der Waals surface area (Å²) in [5.74, 6) is -2.44. The highest BCUT2D eigenvalue weighted by Gasteiger charge is 2.21. The predicted octanol–water partition coefficient (Wildman–Crippen LogP) is 0.440. The molecule has 0 aliphatic carbocycles. The van der Waals surface area contributed by atoms with Crippen molar-refractivity contribution in [1.29, 1.82) is 0 Å². The number of carbonyl (C=O) groups is 3. The molecule has 8 nitrogen and oxygen atoms in total. The molecule has 0 aromatic carbocycles. The monoisotopic (exact) mass is 300 g/mol. The highest BCUT2D eigenvalue weighted by Crippen LogP contribution is 2.17. The van der Waals surface area contributed by atoms with E-state index >= 15 is 0 Å². The highest BCUT2D eigenvalue weighted by atomic mass is 32.2. The van der Waals surface area contributed by atoms with E-state index in [0.29, 0.717) is 9.63 Å². The topological polar surface area (TPSA) is 131 Å². The number of amides is 1. The second kappa shape index (κ2) is 7.34. The molecule has 1 aromatic heterocycles. The maximum Gasteiger partial charge on any atom is 0.326 e. The van der Waals surface area contributed by atoms with Crippen LogP contribution in [0.15, 0.2) is 29.4 Å². The van der Waals surface area contributed by atoms with Crippen molar-refractivity contribution >= 4 is 28.9 Å². The molecule has 1 heterocycles. The van der Waals surface area contributed by atoms with Gasteiger partial charge in [0.25, 0.3) is 5.24 Å². The first-order valence-electron chi connectivity index (χ1n) is 5.50. The molecule has 0 saturated heterocycles. The molecule has 1 aromatic rings. The Morgan fingerprint density at radius 2 is 1.90 bits per heavy atom. The lowest BCUT2D eigenvalue weighted by Crippen LogP contribution is -2.39. The van der Waals surface area contributed by atoms with Crippen LogP contribution in [-0.4, -0.2) is 33.4 Å². The molecular weight excluding hydrogens is 288 g/mol. The van der Waals surface area contributed by atoms with E-state index in [0.717, 1.165) is 11.8 Å². The summed E-state index contributed by atoms with van der Waals surface area (Å²) >= 11 is 0.719. The van der Waals surface area contributed by atoms with Gasteiger partial charge in [0.2, 0.25) is 0 Å². The lowest BCUT2D eigenvalue weighted by molar-refractivity contribution is -0.605. The van der Waals surface area contributed by atoms with Crippen molar-refractivity contribution in [2.24, 2.45) is 0 Å². The van der Waals surface area contributed by atoms with Crippen molar-refractivity contribution in [2.75, 3.05) is 0 Å². The Labute approximate surface area is 118 Å². The number of carboxylic acid groups (broad SMARTS) is 2. The van der Waals surface area contributed by atoms with Crippen molar-refractivity contribution in [3.63, 3.8) is 0 Å². The number of hydrogen-bond donors (Lipinski definition) is 3. The van der Waals surface area contributed by atoms with Gasteiger partial charge in [0.15, 0.2) is 12.4 Å². The van der Waals surface area contributed by atoms with Crippen LogP contribution in [0.4, 0.5) is 4.79 Å². The van der Waals surface area contributed by atoms with Crippen molar-refractivity contribution in [2.45, 2.75) is 23.8 Å². The maximum absolute atomic E-state index is 11.6. The highest BCUT2D eigenvalue weighted by molar-refractivity contribution is 8.13. The fourth-order valence-electron chi connectivity index (χ4n) is 1.27. The third kappa shape index (κ3) is 5.57. The Morgan fingerprint density at radius 1 is 1.30 bits per heavy atom. The van der Waals surface area contributed by atoms with Crippen LogP contribution in [0.2, 0.25) is 0 Å². The number of rotatable bonds is 6. The van der Waals surface area contributed by atoms with Crippen LogP contribution in [0.1, 0.15) is 12.8 Å². The Bertz CT molecular complexity index is 504. The second-order valence-corrected chi connectivity index (χ2v) is 4.80. The fraction of sp³-hybridized carbons (Fsp3) is 0.273. The first-order valence-corrected chi connectivity index (χ1v) is 6.32. The third-order valence-electron chi connectivity index (χ3n) is 2.22. The smallest absolute Gasteiger partial charge is 0.326 e. The Balaban J connectivity index is 2.55. The largest absolute Gasteiger partial charge is 0.619 e. The number of nitrogens with one attached hydrogen (secondary N) is 1. The number of pyridine rings is 1. The van der Waals surface area contributed by atoms with Crippen molar-refractivity contribution < 1.29 is 29.3 Å². The van der Waals surface area contributed by atoms with Crippen molar-refractivity contribution in [1.82, 2.24) is 5.32 Å². The molecule has 0 aliphatic rings. The van der Waals surface area contributed by atoms with E-state index in [2.05, 4.69) is 5.32 Å². The minimum Gasteiger partial charge on any atom is -0.619 e. The van der Waals surface area contributed by atoms with E-state index in [4.69, 9.17) is 10.2 Å². The van der Waals surface area contributed by atoms with Crippen LogP contribution in [0, 0.1) is 5.21 Å². The SMILES string of the molecule is O=C(O)CCC(NC(=O)Sc1cc[n+]([O-])cc1)C(=O)O. The molecule has 20 heavy (non-hydrogen) atoms. The van der Waals surface area contributed by atoms with E-state index in [-0.39, 0.29) is 12.8 Å². The Hall–Kier alpha value is -2.29. The summed E-state index contributed by atoms with van der Waals surface area (Å²) in [5.41, 5.74) is 0. The molecule has 0 aliphatic heterocycles. The molecule has 9 heteroatoms. The van der Waals surface area contributed by atoms with Crippen molar-refractivity contribution in [3.05, 3.63) is 29.7 Å². The number of carboxylic acids is 2.